The monoisotopic (exact) mass is 273 g/mol. The molecule has 6 heteroatoms. The minimum absolute atomic E-state index is 0.0605. The topological polar surface area (TPSA) is 85.8 Å². The second kappa shape index (κ2) is 6.81. The Labute approximate surface area is 118 Å². The Bertz CT molecular complexity index is 552. The molecule has 0 bridgehead atoms. The lowest BCUT2D eigenvalue weighted by Gasteiger charge is -2.14. The first kappa shape index (κ1) is 14.2. The van der Waals surface area contributed by atoms with Crippen LogP contribution in [0.3, 0.4) is 0 Å². The highest BCUT2D eigenvalue weighted by Gasteiger charge is 2.18. The highest BCUT2D eigenvalue weighted by Crippen LogP contribution is 2.13. The van der Waals surface area contributed by atoms with Crippen LogP contribution in [0.2, 0.25) is 0 Å². The summed E-state index contributed by atoms with van der Waals surface area (Å²) in [4.78, 5) is 16.2. The van der Waals surface area contributed by atoms with Gasteiger partial charge in [-0.3, -0.25) is 9.48 Å². The molecule has 0 aliphatic carbocycles. The van der Waals surface area contributed by atoms with Crippen molar-refractivity contribution in [2.45, 2.75) is 12.3 Å². The van der Waals surface area contributed by atoms with Crippen LogP contribution in [0.4, 0.5) is 0 Å². The Kier molecular flexibility index (Phi) is 4.84. The molecule has 0 saturated carbocycles. The van der Waals surface area contributed by atoms with Crippen LogP contribution in [0, 0.1) is 0 Å². The summed E-state index contributed by atoms with van der Waals surface area (Å²) in [6, 6.07) is 9.56. The van der Waals surface area contributed by atoms with Gasteiger partial charge in [-0.1, -0.05) is 30.3 Å². The van der Waals surface area contributed by atoms with E-state index in [1.165, 1.54) is 0 Å². The number of rotatable bonds is 6. The fourth-order valence-corrected chi connectivity index (χ4v) is 2.00. The molecule has 1 atom stereocenters. The molecule has 1 aromatic heterocycles. The van der Waals surface area contributed by atoms with E-state index in [4.69, 9.17) is 5.73 Å². The summed E-state index contributed by atoms with van der Waals surface area (Å²) in [6.07, 6.45) is 2.25. The summed E-state index contributed by atoms with van der Waals surface area (Å²) < 4.78 is 1.64. The Morgan fingerprint density at radius 3 is 2.75 bits per heavy atom. The summed E-state index contributed by atoms with van der Waals surface area (Å²) in [7, 11) is 1.81. The van der Waals surface area contributed by atoms with E-state index in [1.807, 2.05) is 37.4 Å². The number of amides is 1. The van der Waals surface area contributed by atoms with Gasteiger partial charge in [0.05, 0.1) is 5.92 Å². The highest BCUT2D eigenvalue weighted by atomic mass is 16.1. The zero-order valence-electron chi connectivity index (χ0n) is 11.5. The van der Waals surface area contributed by atoms with Gasteiger partial charge in [-0.25, -0.2) is 4.98 Å². The van der Waals surface area contributed by atoms with E-state index < -0.39 is 0 Å². The Balaban J connectivity index is 1.87. The molecule has 0 saturated heterocycles. The fourth-order valence-electron chi connectivity index (χ4n) is 2.00. The minimum Gasteiger partial charge on any atom is -0.355 e. The second-order valence-electron chi connectivity index (χ2n) is 4.57. The molecule has 6 nitrogen and oxygen atoms in total. The zero-order chi connectivity index (χ0) is 14.4. The van der Waals surface area contributed by atoms with Crippen molar-refractivity contribution in [1.82, 2.24) is 20.1 Å². The van der Waals surface area contributed by atoms with Gasteiger partial charge >= 0.3 is 0 Å². The van der Waals surface area contributed by atoms with E-state index in [0.717, 1.165) is 11.4 Å². The first-order valence-corrected chi connectivity index (χ1v) is 6.58. The summed E-state index contributed by atoms with van der Waals surface area (Å²) >= 11 is 0. The molecule has 0 aliphatic rings. The van der Waals surface area contributed by atoms with Crippen LogP contribution in [0.25, 0.3) is 0 Å². The summed E-state index contributed by atoms with van der Waals surface area (Å²) in [6.45, 7) is 0.795. The van der Waals surface area contributed by atoms with Crippen molar-refractivity contribution in [2.24, 2.45) is 12.8 Å². The Morgan fingerprint density at radius 1 is 1.40 bits per heavy atom. The van der Waals surface area contributed by atoms with E-state index >= 15 is 0 Å². The normalized spacial score (nSPS) is 12.1. The smallest absolute Gasteiger partial charge is 0.228 e. The van der Waals surface area contributed by atoms with E-state index in [9.17, 15) is 4.79 Å². The first-order chi connectivity index (χ1) is 9.70. The van der Waals surface area contributed by atoms with Crippen molar-refractivity contribution in [1.29, 1.82) is 0 Å². The Morgan fingerprint density at radius 2 is 2.15 bits per heavy atom. The van der Waals surface area contributed by atoms with Crippen LogP contribution in [-0.4, -0.2) is 33.8 Å². The average Bonchev–Trinajstić information content (AvgIpc) is 2.86. The van der Waals surface area contributed by atoms with Gasteiger partial charge in [0.15, 0.2) is 5.82 Å². The molecule has 0 radical (unpaired) electrons. The molecular formula is C14H19N5O. The number of aryl methyl sites for hydroxylation is 1. The number of carbonyl (C=O) groups is 1. The van der Waals surface area contributed by atoms with Gasteiger partial charge in [0.1, 0.15) is 6.33 Å². The van der Waals surface area contributed by atoms with Crippen LogP contribution < -0.4 is 11.1 Å². The predicted molar refractivity (Wildman–Crippen MR) is 76.0 cm³/mol. The van der Waals surface area contributed by atoms with Gasteiger partial charge in [0.25, 0.3) is 0 Å². The van der Waals surface area contributed by atoms with Crippen LogP contribution in [0.5, 0.6) is 0 Å². The molecular weight excluding hydrogens is 254 g/mol. The highest BCUT2D eigenvalue weighted by molar-refractivity contribution is 5.83. The third kappa shape index (κ3) is 3.64. The maximum Gasteiger partial charge on any atom is 0.228 e. The minimum atomic E-state index is -0.312. The molecule has 1 aromatic carbocycles. The molecule has 0 aliphatic heterocycles. The number of carbonyl (C=O) groups excluding carboxylic acids is 1. The number of hydrogen-bond acceptors (Lipinski definition) is 4. The molecule has 1 unspecified atom stereocenters. The first-order valence-electron chi connectivity index (χ1n) is 6.58. The lowest BCUT2D eigenvalue weighted by atomic mass is 9.98. The molecule has 2 rings (SSSR count). The van der Waals surface area contributed by atoms with E-state index in [0.29, 0.717) is 13.0 Å². The van der Waals surface area contributed by atoms with Crippen molar-refractivity contribution >= 4 is 5.91 Å². The number of hydrogen-bond donors (Lipinski definition) is 2. The number of nitrogens with two attached hydrogens (primary N) is 1. The molecule has 1 heterocycles. The lowest BCUT2D eigenvalue weighted by molar-refractivity contribution is -0.122. The van der Waals surface area contributed by atoms with Crippen molar-refractivity contribution < 1.29 is 4.79 Å². The summed E-state index contributed by atoms with van der Waals surface area (Å²) in [5.41, 5.74) is 6.64. The maximum atomic E-state index is 12.1. The van der Waals surface area contributed by atoms with Gasteiger partial charge in [-0.2, -0.15) is 5.10 Å². The largest absolute Gasteiger partial charge is 0.355 e. The van der Waals surface area contributed by atoms with Gasteiger partial charge in [0, 0.05) is 26.6 Å². The van der Waals surface area contributed by atoms with Crippen molar-refractivity contribution in [2.75, 3.05) is 13.1 Å². The molecule has 20 heavy (non-hydrogen) atoms. The van der Waals surface area contributed by atoms with Crippen molar-refractivity contribution in [3.8, 4) is 0 Å². The SMILES string of the molecule is Cn1cnc(CCNC(=O)C(CN)c2ccccc2)n1. The number of benzene rings is 1. The third-order valence-corrected chi connectivity index (χ3v) is 3.05. The maximum absolute atomic E-state index is 12.1. The number of aromatic nitrogens is 3. The summed E-state index contributed by atoms with van der Waals surface area (Å²) in [5, 5.41) is 7.04. The van der Waals surface area contributed by atoms with Crippen LogP contribution in [0.1, 0.15) is 17.3 Å². The van der Waals surface area contributed by atoms with Gasteiger partial charge in [-0.15, -0.1) is 0 Å². The molecule has 2 aromatic rings. The van der Waals surface area contributed by atoms with Crippen molar-refractivity contribution in [3.05, 3.63) is 48.0 Å². The molecule has 0 spiro atoms. The van der Waals surface area contributed by atoms with E-state index in [-0.39, 0.29) is 18.4 Å². The number of nitrogens with zero attached hydrogens (tertiary/aromatic N) is 3. The molecule has 3 N–H and O–H groups in total. The fraction of sp³-hybridized carbons (Fsp3) is 0.357. The third-order valence-electron chi connectivity index (χ3n) is 3.05. The molecule has 1 amide bonds. The lowest BCUT2D eigenvalue weighted by Crippen LogP contribution is -2.34. The van der Waals surface area contributed by atoms with E-state index in [1.54, 1.807) is 11.0 Å². The van der Waals surface area contributed by atoms with Gasteiger partial charge < -0.3 is 11.1 Å². The van der Waals surface area contributed by atoms with Crippen LogP contribution in [-0.2, 0) is 18.3 Å². The molecule has 106 valence electrons. The van der Waals surface area contributed by atoms with Crippen LogP contribution in [0.15, 0.2) is 36.7 Å². The second-order valence-corrected chi connectivity index (χ2v) is 4.57. The Hall–Kier alpha value is -2.21. The standard InChI is InChI=1S/C14H19N5O/c1-19-10-17-13(18-19)7-8-16-14(20)12(9-15)11-5-3-2-4-6-11/h2-6,10,12H,7-9,15H2,1H3,(H,16,20). The van der Waals surface area contributed by atoms with Gasteiger partial charge in [0.2, 0.25) is 5.91 Å². The molecule has 0 fully saturated rings. The van der Waals surface area contributed by atoms with Crippen LogP contribution >= 0.6 is 0 Å². The predicted octanol–water partition coefficient (Wildman–Crippen LogP) is 0.216. The van der Waals surface area contributed by atoms with Crippen molar-refractivity contribution in [3.63, 3.8) is 0 Å². The summed E-state index contributed by atoms with van der Waals surface area (Å²) in [5.74, 6) is 0.347. The quantitative estimate of drug-likeness (QED) is 0.788. The van der Waals surface area contributed by atoms with Gasteiger partial charge in [-0.05, 0) is 5.56 Å². The van der Waals surface area contributed by atoms with E-state index in [2.05, 4.69) is 15.4 Å². The average molecular weight is 273 g/mol. The number of nitrogens with one attached hydrogen (secondary N) is 1. The zero-order valence-corrected chi connectivity index (χ0v) is 11.5.